The molecule has 2 N–H and O–H groups in total. The smallest absolute Gasteiger partial charge is 0.427 e. The summed E-state index contributed by atoms with van der Waals surface area (Å²) in [5.41, 5.74) is 5.22. The lowest BCUT2D eigenvalue weighted by Crippen LogP contribution is -2.46. The largest absolute Gasteiger partial charge is 0.553 e. The second-order valence-corrected chi connectivity index (χ2v) is 8.30. The summed E-state index contributed by atoms with van der Waals surface area (Å²) in [6, 6.07) is 18.2. The third-order valence-electron chi connectivity index (χ3n) is 6.40. The fraction of sp³-hybridized carbons (Fsp3) is 0.417. The number of benzene rings is 2. The van der Waals surface area contributed by atoms with Crippen LogP contribution in [-0.2, 0) is 4.65 Å². The maximum Gasteiger partial charge on any atom is 0.427 e. The molecule has 2 atom stereocenters. The molecule has 3 aliphatic rings. The van der Waals surface area contributed by atoms with Crippen LogP contribution in [0.25, 0.3) is 11.1 Å². The minimum absolute atomic E-state index is 0.00836. The maximum absolute atomic E-state index is 6.87. The Morgan fingerprint density at radius 3 is 2.07 bits per heavy atom. The van der Waals surface area contributed by atoms with E-state index in [2.05, 4.69) is 65.2 Å². The Morgan fingerprint density at radius 1 is 0.821 bits per heavy atom. The number of rotatable bonds is 4. The van der Waals surface area contributed by atoms with Crippen LogP contribution in [0.5, 0.6) is 0 Å². The predicted octanol–water partition coefficient (Wildman–Crippen LogP) is 2.96. The quantitative estimate of drug-likeness (QED) is 0.640. The normalized spacial score (nSPS) is 24.6. The van der Waals surface area contributed by atoms with E-state index in [0.29, 0.717) is 12.1 Å². The fourth-order valence-corrected chi connectivity index (χ4v) is 4.92. The number of hydrogen-bond acceptors (Lipinski definition) is 3. The minimum atomic E-state index is -0.00836. The van der Waals surface area contributed by atoms with Crippen molar-refractivity contribution >= 4 is 17.8 Å². The van der Waals surface area contributed by atoms with Crippen molar-refractivity contribution in [2.75, 3.05) is 13.1 Å². The Hall–Kier alpha value is -2.04. The standard InChI is InChI=1S/C24H29BN2O/c1-3-12-21-19(10-1)20-11-2-4-13-22(20)25(21)28-24(23-14-6-8-16-27-23)17-18-9-5-7-15-26-18/h1-4,10-13,17-18,23,26-27H,5-9,14-16H2/b24-17-. The molecule has 3 aliphatic heterocycles. The number of hydrogen-bond donors (Lipinski definition) is 2. The lowest BCUT2D eigenvalue weighted by Gasteiger charge is -2.30. The monoisotopic (exact) mass is 372 g/mol. The van der Waals surface area contributed by atoms with Gasteiger partial charge in [-0.1, -0.05) is 61.4 Å². The van der Waals surface area contributed by atoms with Crippen LogP contribution in [0, 0.1) is 0 Å². The summed E-state index contributed by atoms with van der Waals surface area (Å²) in [7, 11) is 0. The van der Waals surface area contributed by atoms with E-state index < -0.39 is 0 Å². The van der Waals surface area contributed by atoms with Crippen molar-refractivity contribution in [3.63, 3.8) is 0 Å². The summed E-state index contributed by atoms with van der Waals surface area (Å²) in [6.07, 6.45) is 9.87. The lowest BCUT2D eigenvalue weighted by atomic mass is 9.58. The molecule has 2 fully saturated rings. The lowest BCUT2D eigenvalue weighted by molar-refractivity contribution is 0.319. The molecule has 2 aromatic rings. The molecule has 0 spiro atoms. The van der Waals surface area contributed by atoms with Gasteiger partial charge in [0.05, 0.1) is 11.8 Å². The van der Waals surface area contributed by atoms with Crippen molar-refractivity contribution in [1.29, 1.82) is 0 Å². The molecule has 0 aliphatic carbocycles. The van der Waals surface area contributed by atoms with Crippen LogP contribution in [0.4, 0.5) is 0 Å². The van der Waals surface area contributed by atoms with Crippen molar-refractivity contribution in [1.82, 2.24) is 10.6 Å². The highest BCUT2D eigenvalue weighted by molar-refractivity contribution is 6.85. The zero-order valence-electron chi connectivity index (χ0n) is 16.5. The molecule has 0 bridgehead atoms. The molecule has 0 saturated carbocycles. The van der Waals surface area contributed by atoms with Gasteiger partial charge in [-0.25, -0.2) is 0 Å². The highest BCUT2D eigenvalue weighted by Crippen LogP contribution is 2.26. The van der Waals surface area contributed by atoms with Crippen molar-refractivity contribution in [3.05, 3.63) is 60.4 Å². The van der Waals surface area contributed by atoms with E-state index in [4.69, 9.17) is 4.65 Å². The molecule has 28 heavy (non-hydrogen) atoms. The van der Waals surface area contributed by atoms with Gasteiger partial charge in [-0.05, 0) is 66.9 Å². The minimum Gasteiger partial charge on any atom is -0.553 e. The van der Waals surface area contributed by atoms with Crippen LogP contribution in [0.15, 0.2) is 60.4 Å². The Morgan fingerprint density at radius 2 is 1.46 bits per heavy atom. The molecular formula is C24H29BN2O. The molecule has 144 valence electrons. The van der Waals surface area contributed by atoms with Gasteiger partial charge in [0, 0.05) is 6.04 Å². The Labute approximate surface area is 168 Å². The molecule has 4 heteroatoms. The second-order valence-electron chi connectivity index (χ2n) is 8.30. The van der Waals surface area contributed by atoms with Gasteiger partial charge in [0.25, 0.3) is 0 Å². The summed E-state index contributed by atoms with van der Waals surface area (Å²) >= 11 is 0. The van der Waals surface area contributed by atoms with Gasteiger partial charge in [0.15, 0.2) is 0 Å². The third-order valence-corrected chi connectivity index (χ3v) is 6.40. The summed E-state index contributed by atoms with van der Waals surface area (Å²) in [6.45, 7) is 2.19. The van der Waals surface area contributed by atoms with E-state index in [1.165, 1.54) is 54.2 Å². The van der Waals surface area contributed by atoms with Crippen LogP contribution in [-0.4, -0.2) is 32.1 Å². The van der Waals surface area contributed by atoms with E-state index >= 15 is 0 Å². The van der Waals surface area contributed by atoms with Crippen LogP contribution in [0.2, 0.25) is 0 Å². The van der Waals surface area contributed by atoms with Gasteiger partial charge in [0.2, 0.25) is 0 Å². The van der Waals surface area contributed by atoms with E-state index in [9.17, 15) is 0 Å². The number of fused-ring (bicyclic) bond motifs is 3. The predicted molar refractivity (Wildman–Crippen MR) is 117 cm³/mol. The second kappa shape index (κ2) is 8.14. The first-order chi connectivity index (χ1) is 13.9. The number of nitrogens with one attached hydrogen (secondary N) is 2. The van der Waals surface area contributed by atoms with Crippen LogP contribution < -0.4 is 21.6 Å². The first-order valence-electron chi connectivity index (χ1n) is 10.9. The molecule has 2 aromatic carbocycles. The first kappa shape index (κ1) is 18.0. The van der Waals surface area contributed by atoms with Gasteiger partial charge in [-0.2, -0.15) is 0 Å². The van der Waals surface area contributed by atoms with Crippen LogP contribution in [0.3, 0.4) is 0 Å². The first-order valence-corrected chi connectivity index (χ1v) is 10.9. The molecule has 0 aromatic heterocycles. The summed E-state index contributed by atoms with van der Waals surface area (Å²) in [5, 5.41) is 7.38. The molecule has 3 nitrogen and oxygen atoms in total. The summed E-state index contributed by atoms with van der Waals surface area (Å²) in [4.78, 5) is 0. The molecule has 0 amide bonds. The SMILES string of the molecule is C(=C(/OB1c2ccccc2-c2ccccc21)C1CCCCN1)/C1CCCCN1. The maximum atomic E-state index is 6.87. The van der Waals surface area contributed by atoms with E-state index in [-0.39, 0.29) is 6.92 Å². The molecule has 0 radical (unpaired) electrons. The van der Waals surface area contributed by atoms with Crippen LogP contribution in [0.1, 0.15) is 38.5 Å². The van der Waals surface area contributed by atoms with E-state index in [0.717, 1.165) is 25.3 Å². The Kier molecular flexibility index (Phi) is 5.24. The van der Waals surface area contributed by atoms with Gasteiger partial charge >= 0.3 is 6.92 Å². The van der Waals surface area contributed by atoms with Crippen molar-refractivity contribution in [3.8, 4) is 11.1 Å². The average molecular weight is 372 g/mol. The Bertz CT molecular complexity index is 808. The van der Waals surface area contributed by atoms with E-state index in [1.54, 1.807) is 0 Å². The van der Waals surface area contributed by atoms with Gasteiger partial charge in [-0.15, -0.1) is 0 Å². The summed E-state index contributed by atoms with van der Waals surface area (Å²) < 4.78 is 6.87. The van der Waals surface area contributed by atoms with Crippen molar-refractivity contribution in [2.45, 2.75) is 50.6 Å². The Balaban J connectivity index is 1.49. The van der Waals surface area contributed by atoms with Gasteiger partial charge in [-0.3, -0.25) is 0 Å². The molecular weight excluding hydrogens is 343 g/mol. The zero-order valence-corrected chi connectivity index (χ0v) is 16.5. The molecule has 2 saturated heterocycles. The fourth-order valence-electron chi connectivity index (χ4n) is 4.92. The number of piperidine rings is 2. The third kappa shape index (κ3) is 3.51. The molecule has 3 heterocycles. The van der Waals surface area contributed by atoms with Gasteiger partial charge < -0.3 is 15.3 Å². The van der Waals surface area contributed by atoms with Gasteiger partial charge in [0.1, 0.15) is 0 Å². The van der Waals surface area contributed by atoms with Crippen molar-refractivity contribution in [2.24, 2.45) is 0 Å². The average Bonchev–Trinajstić information content (AvgIpc) is 3.09. The summed E-state index contributed by atoms with van der Waals surface area (Å²) in [5.74, 6) is 1.13. The van der Waals surface area contributed by atoms with Crippen molar-refractivity contribution < 1.29 is 4.65 Å². The topological polar surface area (TPSA) is 33.3 Å². The molecule has 2 unspecified atom stereocenters. The van der Waals surface area contributed by atoms with E-state index in [1.807, 2.05) is 0 Å². The highest BCUT2D eigenvalue weighted by Gasteiger charge is 2.37. The van der Waals surface area contributed by atoms with Crippen LogP contribution >= 0.6 is 0 Å². The molecule has 5 rings (SSSR count). The highest BCUT2D eigenvalue weighted by atomic mass is 16.4. The zero-order chi connectivity index (χ0) is 18.8.